The summed E-state index contributed by atoms with van der Waals surface area (Å²) < 4.78 is 1.93. The Balaban J connectivity index is 1.75. The minimum Gasteiger partial charge on any atom is -0.481 e. The highest BCUT2D eigenvalue weighted by atomic mass is 32.2. The average molecular weight is 383 g/mol. The number of thioether (sulfide) groups is 1. The van der Waals surface area contributed by atoms with E-state index in [-0.39, 0.29) is 12.5 Å². The maximum Gasteiger partial charge on any atom is 0.310 e. The summed E-state index contributed by atoms with van der Waals surface area (Å²) in [4.78, 5) is 28.2. The van der Waals surface area contributed by atoms with Gasteiger partial charge in [-0.25, -0.2) is 4.98 Å². The molecule has 1 aromatic heterocycles. The Bertz CT molecular complexity index is 966. The fraction of sp³-hybridized carbons (Fsp3) is 0.250. The minimum absolute atomic E-state index is 0.153. The second-order valence-corrected chi connectivity index (χ2v) is 7.13. The molecule has 2 aromatic carbocycles. The SMILES string of the molecule is CSCc1nc2ccccc2n1CC(=O)Nc1ccc(C(C)C(=O)O)cc1. The first kappa shape index (κ1) is 19.0. The van der Waals surface area contributed by atoms with Crippen molar-refractivity contribution in [3.8, 4) is 0 Å². The summed E-state index contributed by atoms with van der Waals surface area (Å²) in [7, 11) is 0. The molecule has 7 heteroatoms. The molecule has 0 bridgehead atoms. The number of nitrogens with zero attached hydrogens (tertiary/aromatic N) is 2. The van der Waals surface area contributed by atoms with Gasteiger partial charge in [0.2, 0.25) is 5.91 Å². The van der Waals surface area contributed by atoms with Crippen molar-refractivity contribution in [3.63, 3.8) is 0 Å². The van der Waals surface area contributed by atoms with E-state index in [2.05, 4.69) is 10.3 Å². The van der Waals surface area contributed by atoms with Gasteiger partial charge in [0.05, 0.1) is 22.7 Å². The fourth-order valence-corrected chi connectivity index (χ4v) is 3.36. The standard InChI is InChI=1S/C20H21N3O3S/c1-13(20(25)26)14-7-9-15(10-8-14)21-19(24)11-23-17-6-4-3-5-16(17)22-18(23)12-27-2/h3-10,13H,11-12H2,1-2H3,(H,21,24)(H,25,26). The van der Waals surface area contributed by atoms with E-state index in [0.29, 0.717) is 11.3 Å². The van der Waals surface area contributed by atoms with Gasteiger partial charge in [0.15, 0.2) is 0 Å². The maximum atomic E-state index is 12.5. The number of aliphatic carboxylic acids is 1. The van der Waals surface area contributed by atoms with Crippen molar-refractivity contribution in [2.75, 3.05) is 11.6 Å². The first-order valence-electron chi connectivity index (χ1n) is 8.55. The summed E-state index contributed by atoms with van der Waals surface area (Å²) in [5.74, 6) is -0.0192. The molecule has 0 spiro atoms. The molecule has 140 valence electrons. The van der Waals surface area contributed by atoms with Crippen molar-refractivity contribution in [1.82, 2.24) is 9.55 Å². The molecular weight excluding hydrogens is 362 g/mol. The number of carboxylic acid groups (broad SMARTS) is 1. The highest BCUT2D eigenvalue weighted by Gasteiger charge is 2.15. The van der Waals surface area contributed by atoms with E-state index in [1.54, 1.807) is 43.0 Å². The van der Waals surface area contributed by atoms with Crippen molar-refractivity contribution in [2.45, 2.75) is 25.1 Å². The third-order valence-corrected chi connectivity index (χ3v) is 4.92. The van der Waals surface area contributed by atoms with Crippen molar-refractivity contribution < 1.29 is 14.7 Å². The molecule has 0 fully saturated rings. The molecule has 1 heterocycles. The summed E-state index contributed by atoms with van der Waals surface area (Å²) in [5, 5.41) is 11.9. The Morgan fingerprint density at radius 1 is 1.19 bits per heavy atom. The summed E-state index contributed by atoms with van der Waals surface area (Å²) >= 11 is 1.66. The Morgan fingerprint density at radius 3 is 2.56 bits per heavy atom. The lowest BCUT2D eigenvalue weighted by atomic mass is 10.0. The van der Waals surface area contributed by atoms with Crippen LogP contribution in [0.4, 0.5) is 5.69 Å². The highest BCUT2D eigenvalue weighted by molar-refractivity contribution is 7.97. The molecule has 1 amide bonds. The molecular formula is C20H21N3O3S. The van der Waals surface area contributed by atoms with Gasteiger partial charge >= 0.3 is 5.97 Å². The second kappa shape index (κ2) is 8.26. The Hall–Kier alpha value is -2.80. The number of carboxylic acids is 1. The average Bonchev–Trinajstić information content (AvgIpc) is 2.99. The van der Waals surface area contributed by atoms with E-state index in [0.717, 1.165) is 22.6 Å². The molecule has 0 saturated carbocycles. The number of imidazole rings is 1. The summed E-state index contributed by atoms with van der Waals surface area (Å²) in [6.45, 7) is 1.80. The lowest BCUT2D eigenvalue weighted by Gasteiger charge is -2.11. The Kier molecular flexibility index (Phi) is 5.81. The van der Waals surface area contributed by atoms with E-state index in [4.69, 9.17) is 5.11 Å². The molecule has 3 aromatic rings. The van der Waals surface area contributed by atoms with E-state index in [1.165, 1.54) is 0 Å². The van der Waals surface area contributed by atoms with Crippen LogP contribution in [0.2, 0.25) is 0 Å². The third kappa shape index (κ3) is 4.31. The van der Waals surface area contributed by atoms with Gasteiger partial charge in [-0.15, -0.1) is 0 Å². The molecule has 1 atom stereocenters. The molecule has 3 rings (SSSR count). The summed E-state index contributed by atoms with van der Waals surface area (Å²) in [6.07, 6.45) is 2.00. The third-order valence-electron chi connectivity index (χ3n) is 4.37. The molecule has 0 aliphatic carbocycles. The van der Waals surface area contributed by atoms with Crippen molar-refractivity contribution in [1.29, 1.82) is 0 Å². The van der Waals surface area contributed by atoms with Gasteiger partial charge in [-0.2, -0.15) is 11.8 Å². The number of para-hydroxylation sites is 2. The monoisotopic (exact) mass is 383 g/mol. The van der Waals surface area contributed by atoms with Crippen molar-refractivity contribution in [3.05, 3.63) is 59.9 Å². The first-order valence-corrected chi connectivity index (χ1v) is 9.94. The van der Waals surface area contributed by atoms with Crippen LogP contribution in [0.3, 0.4) is 0 Å². The second-order valence-electron chi connectivity index (χ2n) is 6.27. The Morgan fingerprint density at radius 2 is 1.89 bits per heavy atom. The van der Waals surface area contributed by atoms with Crippen LogP contribution in [-0.4, -0.2) is 32.8 Å². The molecule has 2 N–H and O–H groups in total. The van der Waals surface area contributed by atoms with Crippen molar-refractivity contribution in [2.24, 2.45) is 0 Å². The van der Waals surface area contributed by atoms with Crippen LogP contribution < -0.4 is 5.32 Å². The van der Waals surface area contributed by atoms with E-state index >= 15 is 0 Å². The lowest BCUT2D eigenvalue weighted by molar-refractivity contribution is -0.138. The number of amides is 1. The van der Waals surface area contributed by atoms with E-state index in [9.17, 15) is 9.59 Å². The Labute approximate surface area is 161 Å². The predicted molar refractivity (Wildman–Crippen MR) is 108 cm³/mol. The molecule has 6 nitrogen and oxygen atoms in total. The van der Waals surface area contributed by atoms with E-state index < -0.39 is 11.9 Å². The number of hydrogen-bond donors (Lipinski definition) is 2. The van der Waals surface area contributed by atoms with Gasteiger partial charge in [-0.3, -0.25) is 9.59 Å². The van der Waals surface area contributed by atoms with Crippen LogP contribution >= 0.6 is 11.8 Å². The fourth-order valence-electron chi connectivity index (χ4n) is 2.88. The molecule has 0 aliphatic heterocycles. The highest BCUT2D eigenvalue weighted by Crippen LogP contribution is 2.20. The zero-order chi connectivity index (χ0) is 19.4. The number of benzene rings is 2. The predicted octanol–water partition coefficient (Wildman–Crippen LogP) is 3.73. The molecule has 27 heavy (non-hydrogen) atoms. The van der Waals surface area contributed by atoms with E-state index in [1.807, 2.05) is 35.1 Å². The number of hydrogen-bond acceptors (Lipinski definition) is 4. The number of rotatable bonds is 7. The number of nitrogens with one attached hydrogen (secondary N) is 1. The quantitative estimate of drug-likeness (QED) is 0.649. The largest absolute Gasteiger partial charge is 0.481 e. The number of fused-ring (bicyclic) bond motifs is 1. The van der Waals surface area contributed by atoms with Crippen LogP contribution in [0, 0.1) is 0 Å². The van der Waals surface area contributed by atoms with Gasteiger partial charge in [0.1, 0.15) is 12.4 Å². The van der Waals surface area contributed by atoms with Crippen LogP contribution in [0.15, 0.2) is 48.5 Å². The smallest absolute Gasteiger partial charge is 0.310 e. The number of anilines is 1. The summed E-state index contributed by atoms with van der Waals surface area (Å²) in [5.41, 5.74) is 3.14. The zero-order valence-corrected chi connectivity index (χ0v) is 16.0. The summed E-state index contributed by atoms with van der Waals surface area (Å²) in [6, 6.07) is 14.7. The minimum atomic E-state index is -0.875. The zero-order valence-electron chi connectivity index (χ0n) is 15.2. The van der Waals surface area contributed by atoms with Crippen LogP contribution in [0.5, 0.6) is 0 Å². The van der Waals surface area contributed by atoms with Gasteiger partial charge in [-0.1, -0.05) is 24.3 Å². The molecule has 0 aliphatic rings. The molecule has 0 radical (unpaired) electrons. The van der Waals surface area contributed by atoms with Gasteiger partial charge in [-0.05, 0) is 43.0 Å². The molecule has 0 saturated heterocycles. The van der Waals surface area contributed by atoms with Crippen LogP contribution in [-0.2, 0) is 21.9 Å². The van der Waals surface area contributed by atoms with Crippen LogP contribution in [0.25, 0.3) is 11.0 Å². The normalized spacial score (nSPS) is 12.1. The maximum absolute atomic E-state index is 12.5. The number of aromatic nitrogens is 2. The molecule has 1 unspecified atom stereocenters. The number of carbonyl (C=O) groups excluding carboxylic acids is 1. The number of carbonyl (C=O) groups is 2. The van der Waals surface area contributed by atoms with Crippen LogP contribution in [0.1, 0.15) is 24.2 Å². The lowest BCUT2D eigenvalue weighted by Crippen LogP contribution is -2.20. The van der Waals surface area contributed by atoms with Gasteiger partial charge in [0, 0.05) is 5.69 Å². The first-order chi connectivity index (χ1) is 13.0. The van der Waals surface area contributed by atoms with Crippen molar-refractivity contribution >= 4 is 40.4 Å². The topological polar surface area (TPSA) is 84.2 Å². The van der Waals surface area contributed by atoms with Gasteiger partial charge < -0.3 is 15.0 Å². The van der Waals surface area contributed by atoms with Gasteiger partial charge in [0.25, 0.3) is 0 Å².